The Morgan fingerprint density at radius 3 is 2.46 bits per heavy atom. The summed E-state index contributed by atoms with van der Waals surface area (Å²) in [6.07, 6.45) is 11.5. The number of nitrogens with one attached hydrogen (secondary N) is 2. The van der Waals surface area contributed by atoms with Crippen LogP contribution in [0.25, 0.3) is 11.0 Å². The van der Waals surface area contributed by atoms with Crippen molar-refractivity contribution in [2.45, 2.75) is 89.3 Å². The highest BCUT2D eigenvalue weighted by Crippen LogP contribution is 2.29. The molecule has 50 heavy (non-hydrogen) atoms. The molecule has 2 N–H and O–H groups in total. The second-order valence-corrected chi connectivity index (χ2v) is 14.8. The monoisotopic (exact) mass is 673 g/mol. The Balaban J connectivity index is 1.00. The minimum absolute atomic E-state index is 0.0356. The molecule has 3 aliphatic heterocycles. The van der Waals surface area contributed by atoms with Gasteiger partial charge in [0.25, 0.3) is 0 Å². The predicted molar refractivity (Wildman–Crippen MR) is 199 cm³/mol. The van der Waals surface area contributed by atoms with Crippen LogP contribution in [-0.2, 0) is 32.2 Å². The molecule has 0 bridgehead atoms. The Labute approximate surface area is 296 Å². The van der Waals surface area contributed by atoms with Gasteiger partial charge in [0.1, 0.15) is 5.82 Å². The van der Waals surface area contributed by atoms with Gasteiger partial charge in [-0.15, -0.1) is 0 Å². The van der Waals surface area contributed by atoms with E-state index in [0.717, 1.165) is 74.2 Å². The first-order valence-electron chi connectivity index (χ1n) is 19.1. The van der Waals surface area contributed by atoms with Crippen LogP contribution in [0, 0.1) is 0 Å². The Morgan fingerprint density at radius 1 is 0.820 bits per heavy atom. The van der Waals surface area contributed by atoms with Gasteiger partial charge >= 0.3 is 12.1 Å². The molecule has 2 fully saturated rings. The number of carbonyl (C=O) groups is 2. The lowest BCUT2D eigenvalue weighted by molar-refractivity contribution is 0.133. The molecule has 1 aromatic heterocycles. The van der Waals surface area contributed by atoms with E-state index < -0.39 is 0 Å². The fraction of sp³-hybridized carbons (Fsp3) is 0.488. The molecule has 4 heterocycles. The Bertz CT molecular complexity index is 1820. The predicted octanol–water partition coefficient (Wildman–Crippen LogP) is 6.95. The van der Waals surface area contributed by atoms with E-state index in [2.05, 4.69) is 68.6 Å². The summed E-state index contributed by atoms with van der Waals surface area (Å²) >= 11 is 0. The number of benzene rings is 3. The van der Waals surface area contributed by atoms with Gasteiger partial charge in [-0.3, -0.25) is 0 Å². The van der Waals surface area contributed by atoms with Crippen molar-refractivity contribution in [3.05, 3.63) is 94.8 Å². The van der Waals surface area contributed by atoms with Crippen LogP contribution in [0.5, 0.6) is 0 Å². The van der Waals surface area contributed by atoms with Gasteiger partial charge in [-0.1, -0.05) is 48.5 Å². The molecule has 1 aliphatic carbocycles. The fourth-order valence-corrected chi connectivity index (χ4v) is 8.77. The number of aryl methyl sites for hydroxylation is 3. The zero-order valence-corrected chi connectivity index (χ0v) is 29.3. The summed E-state index contributed by atoms with van der Waals surface area (Å²) in [6, 6.07) is 23.2. The molecular weight excluding hydrogens is 622 g/mol. The topological polar surface area (TPSA) is 85.7 Å². The van der Waals surface area contributed by atoms with Crippen LogP contribution in [-0.4, -0.2) is 81.6 Å². The first-order chi connectivity index (χ1) is 24.6. The lowest BCUT2D eigenvalue weighted by Crippen LogP contribution is -2.52. The zero-order chi connectivity index (χ0) is 33.9. The number of piperidine rings is 1. The number of urea groups is 2. The van der Waals surface area contributed by atoms with Crippen LogP contribution in [0.3, 0.4) is 0 Å². The molecule has 3 aromatic carbocycles. The highest BCUT2D eigenvalue weighted by atomic mass is 16.2. The van der Waals surface area contributed by atoms with Crippen molar-refractivity contribution in [2.24, 2.45) is 0 Å². The summed E-state index contributed by atoms with van der Waals surface area (Å²) in [5, 5.41) is 6.61. The van der Waals surface area contributed by atoms with Crippen molar-refractivity contribution in [3.63, 3.8) is 0 Å². The van der Waals surface area contributed by atoms with Crippen LogP contribution in [0.4, 0.5) is 15.3 Å². The van der Waals surface area contributed by atoms with Gasteiger partial charge < -0.3 is 29.9 Å². The summed E-state index contributed by atoms with van der Waals surface area (Å²) < 4.78 is 2.37. The number of aromatic nitrogens is 2. The number of hydrogen-bond acceptors (Lipinski definition) is 4. The van der Waals surface area contributed by atoms with Gasteiger partial charge in [-0.05, 0) is 131 Å². The number of nitrogens with zero attached hydrogens (tertiary/aromatic N) is 5. The Hall–Kier alpha value is -4.37. The number of rotatable bonds is 9. The first kappa shape index (κ1) is 32.8. The molecule has 0 unspecified atom stereocenters. The van der Waals surface area contributed by atoms with E-state index >= 15 is 0 Å². The normalized spacial score (nSPS) is 19.2. The van der Waals surface area contributed by atoms with Crippen molar-refractivity contribution in [2.75, 3.05) is 44.6 Å². The number of amides is 4. The number of fused-ring (bicyclic) bond motifs is 3. The van der Waals surface area contributed by atoms with Crippen LogP contribution in [0.2, 0.25) is 0 Å². The average Bonchev–Trinajstić information content (AvgIpc) is 3.76. The SMILES string of the molecule is O=C(N[C@H](Cc1ccc2c(c1)CCCC2)c1nc2ccccc2n1CCCN1CCCC1)N1CCC(N2CCc3ccccc3NC2=O)CC1. The molecule has 4 aromatic rings. The molecule has 0 radical (unpaired) electrons. The number of anilines is 1. The first-order valence-corrected chi connectivity index (χ1v) is 19.1. The van der Waals surface area contributed by atoms with E-state index in [9.17, 15) is 9.59 Å². The summed E-state index contributed by atoms with van der Waals surface area (Å²) in [6.45, 7) is 6.27. The van der Waals surface area contributed by atoms with Gasteiger partial charge in [0, 0.05) is 37.9 Å². The molecule has 1 atom stereocenters. The molecular formula is C41H51N7O2. The summed E-state index contributed by atoms with van der Waals surface area (Å²) in [5.74, 6) is 0.939. The Kier molecular flexibility index (Phi) is 9.75. The van der Waals surface area contributed by atoms with Gasteiger partial charge in [-0.25, -0.2) is 14.6 Å². The maximum atomic E-state index is 14.1. The minimum Gasteiger partial charge on any atom is -0.328 e. The van der Waals surface area contributed by atoms with Crippen molar-refractivity contribution in [1.82, 2.24) is 29.6 Å². The second-order valence-electron chi connectivity index (χ2n) is 14.8. The number of imidazole rings is 1. The fourth-order valence-electron chi connectivity index (χ4n) is 8.77. The molecule has 9 heteroatoms. The molecule has 9 nitrogen and oxygen atoms in total. The van der Waals surface area contributed by atoms with Gasteiger partial charge in [0.2, 0.25) is 0 Å². The third kappa shape index (κ3) is 7.11. The summed E-state index contributed by atoms with van der Waals surface area (Å²) in [5.41, 5.74) is 8.37. The summed E-state index contributed by atoms with van der Waals surface area (Å²) in [4.78, 5) is 39.1. The number of hydrogen-bond donors (Lipinski definition) is 2. The number of carbonyl (C=O) groups excluding carboxylic acids is 2. The third-order valence-corrected chi connectivity index (χ3v) is 11.5. The smallest absolute Gasteiger partial charge is 0.322 e. The number of likely N-dealkylation sites (tertiary alicyclic amines) is 2. The maximum absolute atomic E-state index is 14.1. The van der Waals surface area contributed by atoms with E-state index in [1.54, 1.807) is 0 Å². The van der Waals surface area contributed by atoms with Crippen molar-refractivity contribution < 1.29 is 9.59 Å². The van der Waals surface area contributed by atoms with E-state index in [-0.39, 0.29) is 24.1 Å². The average molecular weight is 674 g/mol. The second kappa shape index (κ2) is 14.9. The quantitative estimate of drug-likeness (QED) is 0.202. The van der Waals surface area contributed by atoms with Gasteiger partial charge in [0.15, 0.2) is 0 Å². The van der Waals surface area contributed by atoms with Crippen molar-refractivity contribution >= 4 is 28.8 Å². The third-order valence-electron chi connectivity index (χ3n) is 11.5. The minimum atomic E-state index is -0.268. The van der Waals surface area contributed by atoms with Crippen LogP contribution in [0.1, 0.15) is 79.1 Å². The number of para-hydroxylation sites is 3. The lowest BCUT2D eigenvalue weighted by Gasteiger charge is -2.38. The van der Waals surface area contributed by atoms with Gasteiger partial charge in [-0.2, -0.15) is 0 Å². The molecule has 2 saturated heterocycles. The molecule has 262 valence electrons. The lowest BCUT2D eigenvalue weighted by atomic mass is 9.89. The largest absolute Gasteiger partial charge is 0.328 e. The molecule has 4 amide bonds. The Morgan fingerprint density at radius 2 is 1.60 bits per heavy atom. The highest BCUT2D eigenvalue weighted by molar-refractivity contribution is 5.91. The highest BCUT2D eigenvalue weighted by Gasteiger charge is 2.33. The summed E-state index contributed by atoms with van der Waals surface area (Å²) in [7, 11) is 0. The van der Waals surface area contributed by atoms with Gasteiger partial charge in [0.05, 0.1) is 17.1 Å². The molecule has 0 spiro atoms. The molecule has 8 rings (SSSR count). The van der Waals surface area contributed by atoms with E-state index in [4.69, 9.17) is 4.98 Å². The zero-order valence-electron chi connectivity index (χ0n) is 29.3. The van der Waals surface area contributed by atoms with Crippen molar-refractivity contribution in [1.29, 1.82) is 0 Å². The maximum Gasteiger partial charge on any atom is 0.322 e. The standard InChI is InChI=1S/C41H51N7O2/c49-40(46-25-19-34(20-26-46)47-27-18-32-11-3-4-13-35(32)43-41(47)50)44-37(29-30-16-17-31-10-1-2-12-33(31)28-30)39-42-36-14-5-6-15-38(36)48(39)24-9-23-45-21-7-8-22-45/h3-6,11,13-17,28,34,37H,1-2,7-10,12,18-27,29H2,(H,43,50)(H,44,49)/t37-/m1/s1. The van der Waals surface area contributed by atoms with Crippen molar-refractivity contribution in [3.8, 4) is 0 Å². The molecule has 0 saturated carbocycles. The van der Waals surface area contributed by atoms with Crippen LogP contribution in [0.15, 0.2) is 66.7 Å². The van der Waals surface area contributed by atoms with E-state index in [1.165, 1.54) is 61.0 Å². The molecule has 4 aliphatic rings. The van der Waals surface area contributed by atoms with E-state index in [1.807, 2.05) is 28.0 Å². The van der Waals surface area contributed by atoms with E-state index in [0.29, 0.717) is 26.1 Å². The van der Waals surface area contributed by atoms with Crippen LogP contribution >= 0.6 is 0 Å². The van der Waals surface area contributed by atoms with Crippen LogP contribution < -0.4 is 10.6 Å².